The topological polar surface area (TPSA) is 53.7 Å². The monoisotopic (exact) mass is 265 g/mol. The van der Waals surface area contributed by atoms with E-state index < -0.39 is 0 Å². The van der Waals surface area contributed by atoms with E-state index >= 15 is 0 Å². The Morgan fingerprint density at radius 3 is 2.84 bits per heavy atom. The van der Waals surface area contributed by atoms with Crippen LogP contribution in [0.4, 0.5) is 0 Å². The van der Waals surface area contributed by atoms with Crippen molar-refractivity contribution in [2.75, 3.05) is 20.3 Å². The lowest BCUT2D eigenvalue weighted by Gasteiger charge is -2.16. The van der Waals surface area contributed by atoms with E-state index in [-0.39, 0.29) is 6.10 Å². The van der Waals surface area contributed by atoms with Gasteiger partial charge in [0.2, 0.25) is 0 Å². The molecule has 0 amide bonds. The summed E-state index contributed by atoms with van der Waals surface area (Å²) in [4.78, 5) is 0. The first-order valence-electron chi connectivity index (χ1n) is 6.88. The highest BCUT2D eigenvalue weighted by Gasteiger charge is 2.22. The van der Waals surface area contributed by atoms with Crippen LogP contribution in [0.2, 0.25) is 0 Å². The Morgan fingerprint density at radius 1 is 1.37 bits per heavy atom. The third-order valence-corrected chi connectivity index (χ3v) is 3.43. The number of nitrogens with two attached hydrogens (primary N) is 1. The molecular formula is C15H23NO3. The Kier molecular flexibility index (Phi) is 5.05. The van der Waals surface area contributed by atoms with E-state index in [9.17, 15) is 0 Å². The first-order valence-corrected chi connectivity index (χ1v) is 6.88. The molecule has 0 radical (unpaired) electrons. The van der Waals surface area contributed by atoms with Crippen LogP contribution in [-0.2, 0) is 11.2 Å². The minimum Gasteiger partial charge on any atom is -0.497 e. The van der Waals surface area contributed by atoms with Crippen LogP contribution in [0.5, 0.6) is 11.5 Å². The molecule has 1 fully saturated rings. The number of ether oxygens (including phenoxy) is 3. The van der Waals surface area contributed by atoms with E-state index in [2.05, 4.69) is 6.92 Å². The normalized spacial score (nSPS) is 22.5. The van der Waals surface area contributed by atoms with Gasteiger partial charge in [0, 0.05) is 6.07 Å². The van der Waals surface area contributed by atoms with Crippen molar-refractivity contribution in [2.24, 2.45) is 5.73 Å². The van der Waals surface area contributed by atoms with Gasteiger partial charge in [-0.15, -0.1) is 0 Å². The molecule has 1 saturated heterocycles. The second-order valence-corrected chi connectivity index (χ2v) is 4.97. The summed E-state index contributed by atoms with van der Waals surface area (Å²) in [6.45, 7) is 3.31. The molecule has 2 atom stereocenters. The highest BCUT2D eigenvalue weighted by atomic mass is 16.5. The Morgan fingerprint density at radius 2 is 2.21 bits per heavy atom. The van der Waals surface area contributed by atoms with Gasteiger partial charge in [0.05, 0.1) is 19.3 Å². The molecule has 106 valence electrons. The average Bonchev–Trinajstić information content (AvgIpc) is 2.83. The van der Waals surface area contributed by atoms with Crippen molar-refractivity contribution in [1.29, 1.82) is 0 Å². The summed E-state index contributed by atoms with van der Waals surface area (Å²) in [5.74, 6) is 1.66. The number of benzene rings is 1. The van der Waals surface area contributed by atoms with E-state index in [0.717, 1.165) is 36.3 Å². The summed E-state index contributed by atoms with van der Waals surface area (Å²) in [6.07, 6.45) is 3.54. The third kappa shape index (κ3) is 3.85. The predicted octanol–water partition coefficient (Wildman–Crippen LogP) is 2.14. The molecule has 1 aliphatic rings. The molecule has 2 N–H and O–H groups in total. The van der Waals surface area contributed by atoms with Crippen LogP contribution in [0.25, 0.3) is 0 Å². The van der Waals surface area contributed by atoms with Crippen LogP contribution < -0.4 is 15.2 Å². The zero-order chi connectivity index (χ0) is 13.7. The van der Waals surface area contributed by atoms with Gasteiger partial charge in [0.15, 0.2) is 0 Å². The number of hydrogen-bond acceptors (Lipinski definition) is 4. The minimum atomic E-state index is 0.201. The lowest BCUT2D eigenvalue weighted by molar-refractivity contribution is 0.0262. The second-order valence-electron chi connectivity index (χ2n) is 4.97. The van der Waals surface area contributed by atoms with Gasteiger partial charge in [-0.2, -0.15) is 0 Å². The van der Waals surface area contributed by atoms with E-state index in [1.54, 1.807) is 7.11 Å². The first kappa shape index (κ1) is 14.2. The van der Waals surface area contributed by atoms with Crippen LogP contribution in [0, 0.1) is 0 Å². The van der Waals surface area contributed by atoms with Crippen LogP contribution in [0.15, 0.2) is 18.2 Å². The Balaban J connectivity index is 2.00. The summed E-state index contributed by atoms with van der Waals surface area (Å²) < 4.78 is 16.9. The van der Waals surface area contributed by atoms with E-state index in [0.29, 0.717) is 19.3 Å². The standard InChI is InChI=1S/C15H23NO3/c1-11-3-5-14(19-11)10-18-15-9-13(17-2)6-4-12(15)7-8-16/h4,6,9,11,14H,3,5,7-8,10,16H2,1-2H3. The largest absolute Gasteiger partial charge is 0.497 e. The maximum atomic E-state index is 5.90. The number of hydrogen-bond donors (Lipinski definition) is 1. The SMILES string of the molecule is COc1ccc(CCN)c(OCC2CCC(C)O2)c1. The van der Waals surface area contributed by atoms with Crippen molar-refractivity contribution >= 4 is 0 Å². The van der Waals surface area contributed by atoms with Gasteiger partial charge >= 0.3 is 0 Å². The van der Waals surface area contributed by atoms with Crippen LogP contribution in [-0.4, -0.2) is 32.5 Å². The van der Waals surface area contributed by atoms with Crippen molar-refractivity contribution in [3.63, 3.8) is 0 Å². The van der Waals surface area contributed by atoms with E-state index in [1.807, 2.05) is 18.2 Å². The lowest BCUT2D eigenvalue weighted by Crippen LogP contribution is -2.18. The van der Waals surface area contributed by atoms with Crippen molar-refractivity contribution in [3.8, 4) is 11.5 Å². The van der Waals surface area contributed by atoms with Gasteiger partial charge in [-0.25, -0.2) is 0 Å². The van der Waals surface area contributed by atoms with E-state index in [4.69, 9.17) is 19.9 Å². The maximum Gasteiger partial charge on any atom is 0.126 e. The predicted molar refractivity (Wildman–Crippen MR) is 74.8 cm³/mol. The molecular weight excluding hydrogens is 242 g/mol. The van der Waals surface area contributed by atoms with Crippen LogP contribution in [0.1, 0.15) is 25.3 Å². The zero-order valence-electron chi connectivity index (χ0n) is 11.7. The summed E-state index contributed by atoms with van der Waals surface area (Å²) in [7, 11) is 1.66. The fourth-order valence-electron chi connectivity index (χ4n) is 2.35. The molecule has 0 saturated carbocycles. The molecule has 2 unspecified atom stereocenters. The first-order chi connectivity index (χ1) is 9.22. The summed E-state index contributed by atoms with van der Waals surface area (Å²) in [5, 5.41) is 0. The average molecular weight is 265 g/mol. The third-order valence-electron chi connectivity index (χ3n) is 3.43. The second kappa shape index (κ2) is 6.78. The Labute approximate surface area is 114 Å². The quantitative estimate of drug-likeness (QED) is 0.856. The molecule has 0 spiro atoms. The molecule has 4 heteroatoms. The molecule has 0 aliphatic carbocycles. The maximum absolute atomic E-state index is 5.90. The summed E-state index contributed by atoms with van der Waals surface area (Å²) in [5.41, 5.74) is 6.74. The van der Waals surface area contributed by atoms with E-state index in [1.165, 1.54) is 0 Å². The minimum absolute atomic E-state index is 0.201. The van der Waals surface area contributed by atoms with Crippen molar-refractivity contribution in [3.05, 3.63) is 23.8 Å². The molecule has 1 aromatic carbocycles. The van der Waals surface area contributed by atoms with Gasteiger partial charge in [-0.3, -0.25) is 0 Å². The Hall–Kier alpha value is -1.26. The molecule has 0 bridgehead atoms. The van der Waals surface area contributed by atoms with Gasteiger partial charge in [-0.05, 0) is 44.4 Å². The molecule has 0 aromatic heterocycles. The van der Waals surface area contributed by atoms with Crippen LogP contribution in [0.3, 0.4) is 0 Å². The van der Waals surface area contributed by atoms with Crippen molar-refractivity contribution in [2.45, 2.75) is 38.4 Å². The molecule has 1 aliphatic heterocycles. The molecule has 19 heavy (non-hydrogen) atoms. The van der Waals surface area contributed by atoms with Crippen molar-refractivity contribution in [1.82, 2.24) is 0 Å². The van der Waals surface area contributed by atoms with Gasteiger partial charge in [0.1, 0.15) is 18.1 Å². The number of methoxy groups -OCH3 is 1. The zero-order valence-corrected chi connectivity index (χ0v) is 11.7. The lowest BCUT2D eigenvalue weighted by atomic mass is 10.1. The number of rotatable bonds is 6. The summed E-state index contributed by atoms with van der Waals surface area (Å²) in [6, 6.07) is 5.87. The molecule has 2 rings (SSSR count). The van der Waals surface area contributed by atoms with Gasteiger partial charge in [-0.1, -0.05) is 6.07 Å². The fraction of sp³-hybridized carbons (Fsp3) is 0.600. The highest BCUT2D eigenvalue weighted by Crippen LogP contribution is 2.27. The van der Waals surface area contributed by atoms with Crippen molar-refractivity contribution < 1.29 is 14.2 Å². The molecule has 4 nitrogen and oxygen atoms in total. The fourth-order valence-corrected chi connectivity index (χ4v) is 2.35. The van der Waals surface area contributed by atoms with Gasteiger partial charge in [0.25, 0.3) is 0 Å². The summed E-state index contributed by atoms with van der Waals surface area (Å²) >= 11 is 0. The van der Waals surface area contributed by atoms with Crippen LogP contribution >= 0.6 is 0 Å². The van der Waals surface area contributed by atoms with Gasteiger partial charge < -0.3 is 19.9 Å². The highest BCUT2D eigenvalue weighted by molar-refractivity contribution is 5.41. The Bertz CT molecular complexity index is 408. The molecule has 1 aromatic rings. The smallest absolute Gasteiger partial charge is 0.126 e. The molecule has 1 heterocycles.